The fourth-order valence-corrected chi connectivity index (χ4v) is 6.24. The van der Waals surface area contributed by atoms with E-state index in [1.807, 2.05) is 6.07 Å². The summed E-state index contributed by atoms with van der Waals surface area (Å²) in [6, 6.07) is 19.2. The van der Waals surface area contributed by atoms with Gasteiger partial charge in [0, 0.05) is 18.6 Å². The summed E-state index contributed by atoms with van der Waals surface area (Å²) in [4.78, 5) is 2.48. The molecule has 0 radical (unpaired) electrons. The lowest BCUT2D eigenvalue weighted by Crippen LogP contribution is -2.44. The van der Waals surface area contributed by atoms with E-state index in [1.165, 1.54) is 11.6 Å². The lowest BCUT2D eigenvalue weighted by Gasteiger charge is -2.42. The zero-order valence-electron chi connectivity index (χ0n) is 22.0. The third-order valence-electron chi connectivity index (χ3n) is 8.19. The quantitative estimate of drug-likeness (QED) is 0.310. The molecule has 2 atom stereocenters. The molecule has 2 aromatic rings. The highest BCUT2D eigenvalue weighted by molar-refractivity contribution is 5.42. The van der Waals surface area contributed by atoms with Gasteiger partial charge in [0.05, 0.1) is 17.0 Å². The summed E-state index contributed by atoms with van der Waals surface area (Å²) >= 11 is 0. The first-order valence-electron chi connectivity index (χ1n) is 13.6. The van der Waals surface area contributed by atoms with E-state index >= 15 is 0 Å². The molecular weight excluding hydrogens is 457 g/mol. The van der Waals surface area contributed by atoms with Crippen LogP contribution in [0, 0.1) is 17.2 Å². The monoisotopic (exact) mass is 498 g/mol. The van der Waals surface area contributed by atoms with Crippen molar-refractivity contribution in [1.29, 1.82) is 5.26 Å². The molecule has 2 unspecified atom stereocenters. The number of benzene rings is 2. The van der Waals surface area contributed by atoms with Crippen molar-refractivity contribution in [2.24, 2.45) is 5.92 Å². The van der Waals surface area contributed by atoms with Crippen LogP contribution in [0.3, 0.4) is 0 Å². The summed E-state index contributed by atoms with van der Waals surface area (Å²) in [7, 11) is 0. The van der Waals surface area contributed by atoms with Gasteiger partial charge in [-0.25, -0.2) is 0 Å². The normalized spacial score (nSPS) is 17.6. The molecular formula is C31H41F3N2. The van der Waals surface area contributed by atoms with Crippen LogP contribution in [0.25, 0.3) is 0 Å². The Labute approximate surface area is 215 Å². The third kappa shape index (κ3) is 6.71. The average molecular weight is 499 g/mol. The topological polar surface area (TPSA) is 27.0 Å². The number of rotatable bonds is 11. The van der Waals surface area contributed by atoms with Crippen LogP contribution in [0.15, 0.2) is 54.6 Å². The molecule has 1 aliphatic rings. The largest absolute Gasteiger partial charge is 0.416 e. The minimum absolute atomic E-state index is 0.0472. The predicted octanol–water partition coefficient (Wildman–Crippen LogP) is 8.56. The summed E-state index contributed by atoms with van der Waals surface area (Å²) in [6.45, 7) is 7.42. The van der Waals surface area contributed by atoms with Gasteiger partial charge in [0.25, 0.3) is 0 Å². The molecule has 2 aromatic carbocycles. The standard InChI is InChI=1S/C31H41F3N2/c1-4-27(36(24(2)3)22-20-25-13-7-5-8-14-25)19-21-30(23-35,26-15-9-6-10-16-26)28-17-11-12-18-29(28)31(32,33)34/h5,7-8,11-14,17-18,24,26-27H,4,6,9-10,15-16,19-22H2,1-3H3. The Kier molecular flexibility index (Phi) is 10.0. The van der Waals surface area contributed by atoms with Crippen LogP contribution in [0.4, 0.5) is 13.2 Å². The molecule has 2 nitrogen and oxygen atoms in total. The van der Waals surface area contributed by atoms with Crippen LogP contribution in [0.2, 0.25) is 0 Å². The number of nitrogens with zero attached hydrogens (tertiary/aromatic N) is 2. The van der Waals surface area contributed by atoms with Crippen molar-refractivity contribution in [2.75, 3.05) is 6.54 Å². The Bertz CT molecular complexity index is 973. The maximum Gasteiger partial charge on any atom is 0.416 e. The number of alkyl halides is 3. The molecule has 3 rings (SSSR count). The second-order valence-corrected chi connectivity index (χ2v) is 10.6. The molecule has 1 fully saturated rings. The van der Waals surface area contributed by atoms with Gasteiger partial charge in [-0.1, -0.05) is 74.7 Å². The molecule has 0 amide bonds. The van der Waals surface area contributed by atoms with E-state index in [4.69, 9.17) is 0 Å². The van der Waals surface area contributed by atoms with Gasteiger partial charge in [-0.2, -0.15) is 18.4 Å². The Morgan fingerprint density at radius 1 is 0.944 bits per heavy atom. The number of hydrogen-bond acceptors (Lipinski definition) is 2. The first-order valence-corrected chi connectivity index (χ1v) is 13.6. The Morgan fingerprint density at radius 3 is 2.11 bits per heavy atom. The number of nitriles is 1. The zero-order valence-corrected chi connectivity index (χ0v) is 22.0. The summed E-state index contributed by atoms with van der Waals surface area (Å²) in [5, 5.41) is 10.6. The fourth-order valence-electron chi connectivity index (χ4n) is 6.24. The highest BCUT2D eigenvalue weighted by Gasteiger charge is 2.47. The molecule has 1 saturated carbocycles. The minimum Gasteiger partial charge on any atom is -0.298 e. The van der Waals surface area contributed by atoms with Gasteiger partial charge in [-0.3, -0.25) is 4.90 Å². The first-order chi connectivity index (χ1) is 17.2. The van der Waals surface area contributed by atoms with E-state index in [-0.39, 0.29) is 17.5 Å². The second-order valence-electron chi connectivity index (χ2n) is 10.6. The van der Waals surface area contributed by atoms with Crippen molar-refractivity contribution in [2.45, 2.75) is 102 Å². The van der Waals surface area contributed by atoms with E-state index in [2.05, 4.69) is 56.0 Å². The number of halogens is 3. The Hall–Kier alpha value is -2.32. The molecule has 0 bridgehead atoms. The lowest BCUT2D eigenvalue weighted by atomic mass is 9.62. The molecule has 0 heterocycles. The van der Waals surface area contributed by atoms with E-state index in [9.17, 15) is 18.4 Å². The van der Waals surface area contributed by atoms with Crippen molar-refractivity contribution in [3.05, 3.63) is 71.3 Å². The Balaban J connectivity index is 1.91. The summed E-state index contributed by atoms with van der Waals surface area (Å²) in [6.07, 6.45) is 3.21. The smallest absolute Gasteiger partial charge is 0.298 e. The van der Waals surface area contributed by atoms with Crippen molar-refractivity contribution in [3.8, 4) is 6.07 Å². The molecule has 0 spiro atoms. The molecule has 196 valence electrons. The van der Waals surface area contributed by atoms with Gasteiger partial charge < -0.3 is 0 Å². The van der Waals surface area contributed by atoms with E-state index in [1.54, 1.807) is 12.1 Å². The third-order valence-corrected chi connectivity index (χ3v) is 8.19. The van der Waals surface area contributed by atoms with Crippen LogP contribution >= 0.6 is 0 Å². The van der Waals surface area contributed by atoms with Crippen molar-refractivity contribution in [3.63, 3.8) is 0 Å². The van der Waals surface area contributed by atoms with E-state index in [0.717, 1.165) is 57.6 Å². The van der Waals surface area contributed by atoms with Gasteiger partial charge in [0.2, 0.25) is 0 Å². The molecule has 0 N–H and O–H groups in total. The molecule has 0 aliphatic heterocycles. The zero-order chi connectivity index (χ0) is 26.2. The SMILES string of the molecule is CCC(CCC(C#N)(c1ccccc1C(F)(F)F)C1CCCCC1)N(CCc1ccccc1)C(C)C. The van der Waals surface area contributed by atoms with E-state index in [0.29, 0.717) is 18.9 Å². The number of hydrogen-bond donors (Lipinski definition) is 0. The summed E-state index contributed by atoms with van der Waals surface area (Å²) < 4.78 is 42.4. The highest BCUT2D eigenvalue weighted by Crippen LogP contribution is 2.48. The van der Waals surface area contributed by atoms with Gasteiger partial charge >= 0.3 is 6.18 Å². The maximum atomic E-state index is 14.1. The molecule has 36 heavy (non-hydrogen) atoms. The van der Waals surface area contributed by atoms with Gasteiger partial charge in [0.15, 0.2) is 0 Å². The summed E-state index contributed by atoms with van der Waals surface area (Å²) in [5.41, 5.74) is -0.301. The van der Waals surface area contributed by atoms with Gasteiger partial charge in [-0.05, 0) is 75.5 Å². The van der Waals surface area contributed by atoms with Gasteiger partial charge in [0.1, 0.15) is 0 Å². The van der Waals surface area contributed by atoms with Crippen LogP contribution in [0.1, 0.15) is 88.8 Å². The van der Waals surface area contributed by atoms with Crippen molar-refractivity contribution in [1.82, 2.24) is 4.90 Å². The minimum atomic E-state index is -4.48. The van der Waals surface area contributed by atoms with Crippen LogP contribution in [-0.4, -0.2) is 23.5 Å². The molecule has 1 aliphatic carbocycles. The highest BCUT2D eigenvalue weighted by atomic mass is 19.4. The average Bonchev–Trinajstić information content (AvgIpc) is 2.89. The first kappa shape index (κ1) is 28.3. The molecule has 5 heteroatoms. The van der Waals surface area contributed by atoms with Crippen molar-refractivity contribution >= 4 is 0 Å². The molecule has 0 saturated heterocycles. The van der Waals surface area contributed by atoms with Crippen LogP contribution in [0.5, 0.6) is 0 Å². The van der Waals surface area contributed by atoms with Crippen molar-refractivity contribution < 1.29 is 13.2 Å². The second kappa shape index (κ2) is 12.8. The van der Waals surface area contributed by atoms with Crippen LogP contribution < -0.4 is 0 Å². The maximum absolute atomic E-state index is 14.1. The van der Waals surface area contributed by atoms with Gasteiger partial charge in [-0.15, -0.1) is 0 Å². The molecule has 0 aromatic heterocycles. The Morgan fingerprint density at radius 2 is 1.56 bits per heavy atom. The van der Waals surface area contributed by atoms with E-state index < -0.39 is 17.2 Å². The summed E-state index contributed by atoms with van der Waals surface area (Å²) in [5.74, 6) is -0.0472. The van der Waals surface area contributed by atoms with Crippen LogP contribution in [-0.2, 0) is 18.0 Å². The predicted molar refractivity (Wildman–Crippen MR) is 141 cm³/mol. The lowest BCUT2D eigenvalue weighted by molar-refractivity contribution is -0.138. The fraction of sp³-hybridized carbons (Fsp3) is 0.581.